The van der Waals surface area contributed by atoms with Gasteiger partial charge in [0.25, 0.3) is 10.0 Å². The lowest BCUT2D eigenvalue weighted by Crippen LogP contribution is -2.36. The number of rotatable bonds is 8. The van der Waals surface area contributed by atoms with Crippen LogP contribution >= 0.6 is 0 Å². The van der Waals surface area contributed by atoms with Gasteiger partial charge in [-0.2, -0.15) is 0 Å². The molecule has 0 saturated heterocycles. The first-order chi connectivity index (χ1) is 16.5. The first-order valence-electron chi connectivity index (χ1n) is 11.7. The molecule has 0 bridgehead atoms. The van der Waals surface area contributed by atoms with Crippen LogP contribution in [0.4, 0.5) is 10.1 Å². The van der Waals surface area contributed by atoms with Gasteiger partial charge < -0.3 is 9.47 Å². The van der Waals surface area contributed by atoms with E-state index in [1.165, 1.54) is 36.4 Å². The molecule has 0 radical (unpaired) electrons. The maximum absolute atomic E-state index is 13.6. The number of aryl methyl sites for hydroxylation is 1. The zero-order valence-corrected chi connectivity index (χ0v) is 21.2. The van der Waals surface area contributed by atoms with Crippen molar-refractivity contribution < 1.29 is 31.9 Å². The molecule has 1 N–H and O–H groups in total. The molecule has 2 aromatic rings. The van der Waals surface area contributed by atoms with E-state index in [2.05, 4.69) is 25.5 Å². The molecule has 0 unspecified atom stereocenters. The lowest BCUT2D eigenvalue weighted by molar-refractivity contribution is -0.159. The molecule has 2 aromatic carbocycles. The molecule has 35 heavy (non-hydrogen) atoms. The molecule has 0 amide bonds. The number of halogens is 1. The quantitative estimate of drug-likeness (QED) is 0.502. The van der Waals surface area contributed by atoms with Crippen LogP contribution in [0.15, 0.2) is 47.4 Å². The Balaban J connectivity index is 1.62. The molecule has 190 valence electrons. The summed E-state index contributed by atoms with van der Waals surface area (Å²) in [6.45, 7) is 7.37. The molecular weight excluding hydrogens is 473 g/mol. The van der Waals surface area contributed by atoms with Gasteiger partial charge in [-0.15, -0.1) is 0 Å². The Morgan fingerprint density at radius 1 is 1.14 bits per heavy atom. The number of ether oxygens (including phenoxy) is 2. The van der Waals surface area contributed by atoms with E-state index in [-0.39, 0.29) is 28.2 Å². The maximum atomic E-state index is 13.6. The maximum Gasteiger partial charge on any atom is 0.344 e. The molecular formula is C26H32FNO6S. The van der Waals surface area contributed by atoms with Crippen LogP contribution in [-0.2, 0) is 24.3 Å². The van der Waals surface area contributed by atoms with Gasteiger partial charge in [0.1, 0.15) is 11.9 Å². The highest BCUT2D eigenvalue weighted by molar-refractivity contribution is 7.92. The normalized spacial score (nSPS) is 20.3. The summed E-state index contributed by atoms with van der Waals surface area (Å²) in [6.07, 6.45) is 2.68. The fraction of sp³-hybridized carbons (Fsp3) is 0.462. The van der Waals surface area contributed by atoms with Crippen LogP contribution in [0.2, 0.25) is 0 Å². The van der Waals surface area contributed by atoms with Crippen molar-refractivity contribution in [1.29, 1.82) is 0 Å². The summed E-state index contributed by atoms with van der Waals surface area (Å²) >= 11 is 0. The second-order valence-electron chi connectivity index (χ2n) is 9.53. The summed E-state index contributed by atoms with van der Waals surface area (Å²) in [5, 5.41) is 0. The number of benzene rings is 2. The monoisotopic (exact) mass is 505 g/mol. The average Bonchev–Trinajstić information content (AvgIpc) is 2.78. The molecule has 9 heteroatoms. The van der Waals surface area contributed by atoms with Crippen molar-refractivity contribution in [2.45, 2.75) is 58.0 Å². The smallest absolute Gasteiger partial charge is 0.344 e. The first-order valence-corrected chi connectivity index (χ1v) is 13.2. The van der Waals surface area contributed by atoms with Crippen LogP contribution in [-0.4, -0.2) is 33.1 Å². The summed E-state index contributed by atoms with van der Waals surface area (Å²) in [4.78, 5) is 24.7. The summed E-state index contributed by atoms with van der Waals surface area (Å²) in [5.74, 6) is -0.956. The SMILES string of the molecule is Cc1ccc(F)cc1S(=O)(=O)Nc1cccc(C(=O)OCC(=O)O[C@H]2C[C@H](C)CC[C@@H]2C(C)C)c1. The molecule has 1 aliphatic rings. The minimum atomic E-state index is -4.08. The molecule has 0 aliphatic heterocycles. The number of carbonyl (C=O) groups is 2. The van der Waals surface area contributed by atoms with Crippen LogP contribution in [0.3, 0.4) is 0 Å². The summed E-state index contributed by atoms with van der Waals surface area (Å²) in [5.41, 5.74) is 0.530. The third-order valence-electron chi connectivity index (χ3n) is 6.36. The summed E-state index contributed by atoms with van der Waals surface area (Å²) < 4.78 is 52.1. The highest BCUT2D eigenvalue weighted by Crippen LogP contribution is 2.35. The van der Waals surface area contributed by atoms with Gasteiger partial charge in [0.05, 0.1) is 10.5 Å². The van der Waals surface area contributed by atoms with Crippen molar-refractivity contribution in [3.05, 3.63) is 59.4 Å². The predicted molar refractivity (Wildman–Crippen MR) is 130 cm³/mol. The fourth-order valence-electron chi connectivity index (χ4n) is 4.44. The number of hydrogen-bond acceptors (Lipinski definition) is 6. The van der Waals surface area contributed by atoms with Crippen LogP contribution in [0.25, 0.3) is 0 Å². The molecule has 0 aromatic heterocycles. The Labute approximate surface area is 206 Å². The Kier molecular flexibility index (Phi) is 8.53. The van der Waals surface area contributed by atoms with Gasteiger partial charge in [0, 0.05) is 5.69 Å². The van der Waals surface area contributed by atoms with Crippen LogP contribution < -0.4 is 4.72 Å². The van der Waals surface area contributed by atoms with Crippen LogP contribution in [0.1, 0.15) is 56.0 Å². The van der Waals surface area contributed by atoms with Gasteiger partial charge in [0.2, 0.25) is 0 Å². The topological polar surface area (TPSA) is 98.8 Å². The lowest BCUT2D eigenvalue weighted by Gasteiger charge is -2.36. The number of anilines is 1. The Morgan fingerprint density at radius 2 is 1.89 bits per heavy atom. The van der Waals surface area contributed by atoms with Gasteiger partial charge in [-0.1, -0.05) is 39.3 Å². The second-order valence-corrected chi connectivity index (χ2v) is 11.2. The van der Waals surface area contributed by atoms with Gasteiger partial charge >= 0.3 is 11.9 Å². The highest BCUT2D eigenvalue weighted by Gasteiger charge is 2.33. The molecule has 0 heterocycles. The van der Waals surface area contributed by atoms with Crippen molar-refractivity contribution in [3.8, 4) is 0 Å². The summed E-state index contributed by atoms with van der Waals surface area (Å²) in [6, 6.07) is 9.13. The van der Waals surface area contributed by atoms with E-state index in [4.69, 9.17) is 9.47 Å². The summed E-state index contributed by atoms with van der Waals surface area (Å²) in [7, 11) is -4.08. The van der Waals surface area contributed by atoms with E-state index in [0.29, 0.717) is 17.4 Å². The fourth-order valence-corrected chi connectivity index (χ4v) is 5.75. The lowest BCUT2D eigenvalue weighted by atomic mass is 9.75. The van der Waals surface area contributed by atoms with E-state index in [1.54, 1.807) is 6.92 Å². The van der Waals surface area contributed by atoms with E-state index >= 15 is 0 Å². The Morgan fingerprint density at radius 3 is 2.60 bits per heavy atom. The van der Waals surface area contributed by atoms with Crippen molar-refractivity contribution >= 4 is 27.6 Å². The number of carbonyl (C=O) groups excluding carboxylic acids is 2. The minimum Gasteiger partial charge on any atom is -0.460 e. The number of sulfonamides is 1. The minimum absolute atomic E-state index is 0.0558. The molecule has 3 rings (SSSR count). The van der Waals surface area contributed by atoms with Crippen molar-refractivity contribution in [2.24, 2.45) is 17.8 Å². The zero-order chi connectivity index (χ0) is 25.8. The molecule has 1 aliphatic carbocycles. The van der Waals surface area contributed by atoms with E-state index < -0.39 is 34.4 Å². The Hall–Kier alpha value is -2.94. The number of nitrogens with one attached hydrogen (secondary N) is 1. The molecule has 1 saturated carbocycles. The van der Waals surface area contributed by atoms with Crippen LogP contribution in [0.5, 0.6) is 0 Å². The van der Waals surface area contributed by atoms with Crippen molar-refractivity contribution in [1.82, 2.24) is 0 Å². The molecule has 1 fully saturated rings. The van der Waals surface area contributed by atoms with E-state index in [1.807, 2.05) is 0 Å². The third kappa shape index (κ3) is 7.04. The van der Waals surface area contributed by atoms with Crippen LogP contribution in [0, 0.1) is 30.5 Å². The predicted octanol–water partition coefficient (Wildman–Crippen LogP) is 5.10. The number of esters is 2. The largest absolute Gasteiger partial charge is 0.460 e. The van der Waals surface area contributed by atoms with Crippen molar-refractivity contribution in [2.75, 3.05) is 11.3 Å². The van der Waals surface area contributed by atoms with Gasteiger partial charge in [0.15, 0.2) is 6.61 Å². The average molecular weight is 506 g/mol. The molecule has 0 spiro atoms. The Bertz CT molecular complexity index is 1180. The molecule has 3 atom stereocenters. The van der Waals surface area contributed by atoms with Crippen molar-refractivity contribution in [3.63, 3.8) is 0 Å². The van der Waals surface area contributed by atoms with Gasteiger partial charge in [-0.25, -0.2) is 22.4 Å². The number of hydrogen-bond donors (Lipinski definition) is 1. The zero-order valence-electron chi connectivity index (χ0n) is 20.4. The first kappa shape index (κ1) is 26.7. The van der Waals surface area contributed by atoms with Gasteiger partial charge in [-0.3, -0.25) is 4.72 Å². The van der Waals surface area contributed by atoms with E-state index in [0.717, 1.165) is 25.3 Å². The van der Waals surface area contributed by atoms with Gasteiger partial charge in [-0.05, 0) is 73.4 Å². The standard InChI is InChI=1S/C26H32FNO6S/c1-16(2)22-11-8-17(3)12-23(22)34-25(29)15-33-26(30)19-6-5-7-21(13-19)28-35(31,32)24-14-20(27)10-9-18(24)4/h5-7,9-10,13-14,16-17,22-23,28H,8,11-12,15H2,1-4H3/t17-,22-,23+/m1/s1. The second kappa shape index (κ2) is 11.2. The third-order valence-corrected chi connectivity index (χ3v) is 7.88. The molecule has 7 nitrogen and oxygen atoms in total. The highest BCUT2D eigenvalue weighted by atomic mass is 32.2. The van der Waals surface area contributed by atoms with E-state index in [9.17, 15) is 22.4 Å².